The van der Waals surface area contributed by atoms with Gasteiger partial charge in [-0.2, -0.15) is 0 Å². The maximum atomic E-state index is 12.6. The summed E-state index contributed by atoms with van der Waals surface area (Å²) in [7, 11) is 1.53. The topological polar surface area (TPSA) is 93.5 Å². The number of ether oxygens (including phenoxy) is 1. The van der Waals surface area contributed by atoms with Crippen molar-refractivity contribution in [3.63, 3.8) is 0 Å². The van der Waals surface area contributed by atoms with E-state index in [2.05, 4.69) is 10.6 Å². The molecule has 4 N–H and O–H groups in total. The first-order valence-electron chi connectivity index (χ1n) is 7.99. The minimum absolute atomic E-state index is 0. The lowest BCUT2D eigenvalue weighted by Gasteiger charge is -2.21. The molecule has 0 aliphatic rings. The number of nitrogens with two attached hydrogens (primary N) is 1. The Balaban J connectivity index is 0.00000338. The van der Waals surface area contributed by atoms with E-state index in [1.54, 1.807) is 25.1 Å². The summed E-state index contributed by atoms with van der Waals surface area (Å²) in [6, 6.07) is 14.1. The first kappa shape index (κ1) is 21.5. The van der Waals surface area contributed by atoms with Crippen molar-refractivity contribution < 1.29 is 14.3 Å². The van der Waals surface area contributed by atoms with Gasteiger partial charge in [-0.05, 0) is 17.7 Å². The molecule has 0 heterocycles. The zero-order valence-electron chi connectivity index (χ0n) is 15.0. The molecule has 2 aromatic rings. The third-order valence-electron chi connectivity index (χ3n) is 3.93. The highest BCUT2D eigenvalue weighted by atomic mass is 35.5. The van der Waals surface area contributed by atoms with E-state index in [1.165, 1.54) is 14.0 Å². The second kappa shape index (κ2) is 9.79. The molecule has 0 aliphatic heterocycles. The van der Waals surface area contributed by atoms with Crippen molar-refractivity contribution in [1.29, 1.82) is 0 Å². The van der Waals surface area contributed by atoms with Gasteiger partial charge in [0.2, 0.25) is 11.8 Å². The zero-order valence-corrected chi connectivity index (χ0v) is 15.8. The molecule has 0 aromatic heterocycles. The van der Waals surface area contributed by atoms with Crippen LogP contribution in [0.2, 0.25) is 0 Å². The van der Waals surface area contributed by atoms with Gasteiger partial charge in [-0.15, -0.1) is 12.4 Å². The number of carbonyl (C=O) groups is 2. The number of nitrogens with one attached hydrogen (secondary N) is 2. The molecular weight excluding hydrogens is 354 g/mol. The molecule has 2 aromatic carbocycles. The van der Waals surface area contributed by atoms with Gasteiger partial charge in [0.25, 0.3) is 0 Å². The summed E-state index contributed by atoms with van der Waals surface area (Å²) < 4.78 is 5.18. The second-order valence-electron chi connectivity index (χ2n) is 5.81. The van der Waals surface area contributed by atoms with Gasteiger partial charge in [0.15, 0.2) is 0 Å². The Hall–Kier alpha value is -2.57. The highest BCUT2D eigenvalue weighted by molar-refractivity contribution is 6.00. The first-order chi connectivity index (χ1) is 11.9. The Kier molecular flexibility index (Phi) is 8.09. The fourth-order valence-corrected chi connectivity index (χ4v) is 2.43. The van der Waals surface area contributed by atoms with Gasteiger partial charge in [-0.3, -0.25) is 9.59 Å². The van der Waals surface area contributed by atoms with Crippen LogP contribution in [-0.2, 0) is 9.59 Å². The molecule has 6 nitrogen and oxygen atoms in total. The highest BCUT2D eigenvalue weighted by Crippen LogP contribution is 2.29. The van der Waals surface area contributed by atoms with Gasteiger partial charge in [-0.25, -0.2) is 0 Å². The van der Waals surface area contributed by atoms with E-state index in [0.29, 0.717) is 17.1 Å². The molecule has 7 heteroatoms. The summed E-state index contributed by atoms with van der Waals surface area (Å²) in [4.78, 5) is 24.0. The van der Waals surface area contributed by atoms with E-state index in [4.69, 9.17) is 10.5 Å². The van der Waals surface area contributed by atoms with Gasteiger partial charge in [0.1, 0.15) is 5.75 Å². The molecule has 0 fully saturated rings. The normalized spacial score (nSPS) is 12.3. The van der Waals surface area contributed by atoms with Gasteiger partial charge in [0.05, 0.1) is 24.4 Å². The van der Waals surface area contributed by atoms with Crippen molar-refractivity contribution in [2.24, 2.45) is 11.7 Å². The van der Waals surface area contributed by atoms with Crippen LogP contribution in [0.5, 0.6) is 5.75 Å². The van der Waals surface area contributed by atoms with E-state index >= 15 is 0 Å². The SMILES string of the molecule is COc1ccc(NC(C)=O)c(NC(=O)C(C)C(N)c2ccccc2)c1.Cl. The molecule has 2 atom stereocenters. The molecule has 140 valence electrons. The average molecular weight is 378 g/mol. The van der Waals surface area contributed by atoms with Crippen LogP contribution in [0.3, 0.4) is 0 Å². The van der Waals surface area contributed by atoms with E-state index in [1.807, 2.05) is 30.3 Å². The summed E-state index contributed by atoms with van der Waals surface area (Å²) in [6.45, 7) is 3.18. The molecule has 2 rings (SSSR count). The van der Waals surface area contributed by atoms with Crippen molar-refractivity contribution in [3.05, 3.63) is 54.1 Å². The van der Waals surface area contributed by atoms with Crippen LogP contribution >= 0.6 is 12.4 Å². The molecule has 2 unspecified atom stereocenters. The van der Waals surface area contributed by atoms with Crippen LogP contribution in [0, 0.1) is 5.92 Å². The summed E-state index contributed by atoms with van der Waals surface area (Å²) in [5.74, 6) is -0.353. The Morgan fingerprint density at radius 3 is 2.27 bits per heavy atom. The Labute approximate surface area is 159 Å². The second-order valence-corrected chi connectivity index (χ2v) is 5.81. The maximum absolute atomic E-state index is 12.6. The Morgan fingerprint density at radius 1 is 1.04 bits per heavy atom. The summed E-state index contributed by atoms with van der Waals surface area (Å²) >= 11 is 0. The van der Waals surface area contributed by atoms with E-state index in [0.717, 1.165) is 5.56 Å². The van der Waals surface area contributed by atoms with Gasteiger partial charge in [-0.1, -0.05) is 37.3 Å². The monoisotopic (exact) mass is 377 g/mol. The molecule has 26 heavy (non-hydrogen) atoms. The quantitative estimate of drug-likeness (QED) is 0.719. The predicted octanol–water partition coefficient (Wildman–Crippen LogP) is 3.35. The van der Waals surface area contributed by atoms with Crippen LogP contribution in [0.1, 0.15) is 25.5 Å². The lowest BCUT2D eigenvalue weighted by atomic mass is 9.94. The number of hydrogen-bond acceptors (Lipinski definition) is 4. The number of anilines is 2. The molecule has 0 radical (unpaired) electrons. The van der Waals surface area contributed by atoms with Crippen molar-refractivity contribution in [2.45, 2.75) is 19.9 Å². The number of methoxy groups -OCH3 is 1. The first-order valence-corrected chi connectivity index (χ1v) is 7.99. The van der Waals surface area contributed by atoms with Crippen LogP contribution in [0.4, 0.5) is 11.4 Å². The third kappa shape index (κ3) is 5.47. The van der Waals surface area contributed by atoms with Crippen LogP contribution in [0.25, 0.3) is 0 Å². The molecule has 0 aliphatic carbocycles. The van der Waals surface area contributed by atoms with Crippen LogP contribution < -0.4 is 21.1 Å². The smallest absolute Gasteiger partial charge is 0.229 e. The van der Waals surface area contributed by atoms with Gasteiger partial charge < -0.3 is 21.1 Å². The predicted molar refractivity (Wildman–Crippen MR) is 106 cm³/mol. The number of rotatable bonds is 6. The van der Waals surface area contributed by atoms with Crippen LogP contribution in [0.15, 0.2) is 48.5 Å². The maximum Gasteiger partial charge on any atom is 0.229 e. The standard InChI is InChI=1S/C19H23N3O3.ClH/c1-12(18(20)14-7-5-4-6-8-14)19(24)22-17-11-15(25-3)9-10-16(17)21-13(2)23;/h4-12,18H,20H2,1-3H3,(H,21,23)(H,22,24);1H. The molecule has 0 saturated carbocycles. The molecular formula is C19H24ClN3O3. The van der Waals surface area contributed by atoms with Crippen LogP contribution in [-0.4, -0.2) is 18.9 Å². The largest absolute Gasteiger partial charge is 0.497 e. The van der Waals surface area contributed by atoms with E-state index in [-0.39, 0.29) is 24.2 Å². The summed E-state index contributed by atoms with van der Waals surface area (Å²) in [5.41, 5.74) is 8.07. The van der Waals surface area contributed by atoms with Crippen molar-refractivity contribution in [1.82, 2.24) is 0 Å². The van der Waals surface area contributed by atoms with Crippen molar-refractivity contribution >= 4 is 35.6 Å². The minimum atomic E-state index is -0.459. The summed E-state index contributed by atoms with van der Waals surface area (Å²) in [6.07, 6.45) is 0. The highest BCUT2D eigenvalue weighted by Gasteiger charge is 2.23. The number of carbonyl (C=O) groups excluding carboxylic acids is 2. The van der Waals surface area contributed by atoms with Gasteiger partial charge >= 0.3 is 0 Å². The van der Waals surface area contributed by atoms with Crippen molar-refractivity contribution in [3.8, 4) is 5.75 Å². The molecule has 0 bridgehead atoms. The Morgan fingerprint density at radius 2 is 1.69 bits per heavy atom. The number of amides is 2. The average Bonchev–Trinajstić information content (AvgIpc) is 2.62. The molecule has 2 amide bonds. The fraction of sp³-hybridized carbons (Fsp3) is 0.263. The number of benzene rings is 2. The van der Waals surface area contributed by atoms with E-state index < -0.39 is 12.0 Å². The fourth-order valence-electron chi connectivity index (χ4n) is 2.43. The third-order valence-corrected chi connectivity index (χ3v) is 3.93. The van der Waals surface area contributed by atoms with E-state index in [9.17, 15) is 9.59 Å². The number of halogens is 1. The minimum Gasteiger partial charge on any atom is -0.497 e. The molecule has 0 spiro atoms. The lowest BCUT2D eigenvalue weighted by Crippen LogP contribution is -2.30. The summed E-state index contributed by atoms with van der Waals surface area (Å²) in [5, 5.41) is 5.52. The van der Waals surface area contributed by atoms with Crippen molar-refractivity contribution in [2.75, 3.05) is 17.7 Å². The zero-order chi connectivity index (χ0) is 18.4. The lowest BCUT2D eigenvalue weighted by molar-refractivity contribution is -0.120. The number of hydrogen-bond donors (Lipinski definition) is 3. The Bertz CT molecular complexity index is 753. The molecule has 0 saturated heterocycles. The van der Waals surface area contributed by atoms with Gasteiger partial charge in [0, 0.05) is 19.0 Å².